The van der Waals surface area contributed by atoms with Gasteiger partial charge >= 0.3 is 0 Å². The highest BCUT2D eigenvalue weighted by Gasteiger charge is 2.29. The zero-order valence-electron chi connectivity index (χ0n) is 9.40. The van der Waals surface area contributed by atoms with Crippen molar-refractivity contribution < 1.29 is 14.3 Å². The van der Waals surface area contributed by atoms with Crippen LogP contribution in [0.15, 0.2) is 18.3 Å². The third-order valence-electron chi connectivity index (χ3n) is 2.53. The molecular weight excluding hydrogens is 222 g/mol. The zero-order valence-corrected chi connectivity index (χ0v) is 9.40. The van der Waals surface area contributed by atoms with Gasteiger partial charge in [0, 0.05) is 18.8 Å². The first-order valence-electron chi connectivity index (χ1n) is 5.25. The Bertz CT molecular complexity index is 447. The van der Waals surface area contributed by atoms with Gasteiger partial charge in [-0.15, -0.1) is 0 Å². The maximum absolute atomic E-state index is 11.3. The summed E-state index contributed by atoms with van der Waals surface area (Å²) in [5.74, 6) is 0.0204. The van der Waals surface area contributed by atoms with Crippen molar-refractivity contribution >= 4 is 11.8 Å². The van der Waals surface area contributed by atoms with Crippen molar-refractivity contribution in [2.75, 3.05) is 7.11 Å². The molecule has 0 aromatic carbocycles. The molecule has 2 heterocycles. The number of pyridine rings is 1. The molecule has 2 amide bonds. The standard InChI is InChI=1S/C11H13N3O3/c1-17-10-4-7(2-3-12-10)6-13-8-5-9(15)14-11(8)16/h2-4,8,13H,5-6H2,1H3,(H,14,15,16). The SMILES string of the molecule is COc1cc(CNC2CC(=O)NC2=O)ccn1. The van der Waals surface area contributed by atoms with Crippen LogP contribution in [0.1, 0.15) is 12.0 Å². The molecule has 6 nitrogen and oxygen atoms in total. The summed E-state index contributed by atoms with van der Waals surface area (Å²) in [4.78, 5) is 26.3. The maximum Gasteiger partial charge on any atom is 0.244 e. The minimum Gasteiger partial charge on any atom is -0.481 e. The van der Waals surface area contributed by atoms with E-state index in [0.717, 1.165) is 5.56 Å². The molecule has 6 heteroatoms. The molecule has 0 spiro atoms. The van der Waals surface area contributed by atoms with E-state index in [-0.39, 0.29) is 18.2 Å². The lowest BCUT2D eigenvalue weighted by Crippen LogP contribution is -2.35. The van der Waals surface area contributed by atoms with Gasteiger partial charge in [-0.25, -0.2) is 4.98 Å². The summed E-state index contributed by atoms with van der Waals surface area (Å²) in [6.07, 6.45) is 1.83. The molecule has 1 aromatic heterocycles. The van der Waals surface area contributed by atoms with E-state index < -0.39 is 6.04 Å². The first-order chi connectivity index (χ1) is 8.19. The van der Waals surface area contributed by atoms with Crippen molar-refractivity contribution in [2.45, 2.75) is 19.0 Å². The van der Waals surface area contributed by atoms with Crippen LogP contribution >= 0.6 is 0 Å². The number of rotatable bonds is 4. The molecule has 1 atom stereocenters. The summed E-state index contributed by atoms with van der Waals surface area (Å²) >= 11 is 0. The van der Waals surface area contributed by atoms with Gasteiger partial charge in [-0.1, -0.05) is 0 Å². The van der Waals surface area contributed by atoms with Crippen molar-refractivity contribution in [3.05, 3.63) is 23.9 Å². The number of hydrogen-bond acceptors (Lipinski definition) is 5. The van der Waals surface area contributed by atoms with Gasteiger partial charge in [0.2, 0.25) is 17.7 Å². The summed E-state index contributed by atoms with van der Waals surface area (Å²) < 4.78 is 4.99. The van der Waals surface area contributed by atoms with Gasteiger partial charge in [0.05, 0.1) is 19.6 Å². The summed E-state index contributed by atoms with van der Waals surface area (Å²) in [7, 11) is 1.54. The average Bonchev–Trinajstić information content (AvgIpc) is 2.65. The van der Waals surface area contributed by atoms with Crippen LogP contribution in [0.3, 0.4) is 0 Å². The third kappa shape index (κ3) is 2.79. The Morgan fingerprint density at radius 3 is 3.06 bits per heavy atom. The quantitative estimate of drug-likeness (QED) is 0.694. The van der Waals surface area contributed by atoms with Gasteiger partial charge in [-0.2, -0.15) is 0 Å². The normalized spacial score (nSPS) is 19.2. The minimum atomic E-state index is -0.443. The van der Waals surface area contributed by atoms with E-state index in [1.54, 1.807) is 19.4 Å². The summed E-state index contributed by atoms with van der Waals surface area (Å²) in [6.45, 7) is 0.490. The number of hydrogen-bond donors (Lipinski definition) is 2. The van der Waals surface area contributed by atoms with Crippen molar-refractivity contribution in [3.8, 4) is 5.88 Å². The number of nitrogens with zero attached hydrogens (tertiary/aromatic N) is 1. The highest BCUT2D eigenvalue weighted by Crippen LogP contribution is 2.09. The van der Waals surface area contributed by atoms with E-state index in [2.05, 4.69) is 15.6 Å². The van der Waals surface area contributed by atoms with Gasteiger partial charge in [0.25, 0.3) is 0 Å². The van der Waals surface area contributed by atoms with Gasteiger partial charge in [-0.3, -0.25) is 14.9 Å². The van der Waals surface area contributed by atoms with E-state index in [9.17, 15) is 9.59 Å². The Labute approximate surface area is 98.4 Å². The smallest absolute Gasteiger partial charge is 0.244 e. The molecule has 2 rings (SSSR count). The van der Waals surface area contributed by atoms with Gasteiger partial charge in [-0.05, 0) is 11.6 Å². The molecule has 0 bridgehead atoms. The minimum absolute atomic E-state index is 0.195. The van der Waals surface area contributed by atoms with E-state index in [4.69, 9.17) is 4.74 Å². The number of carbonyl (C=O) groups is 2. The molecule has 0 radical (unpaired) electrons. The predicted molar refractivity (Wildman–Crippen MR) is 59.2 cm³/mol. The van der Waals surface area contributed by atoms with Crippen molar-refractivity contribution in [3.63, 3.8) is 0 Å². The first kappa shape index (κ1) is 11.5. The lowest BCUT2D eigenvalue weighted by Gasteiger charge is -2.09. The van der Waals surface area contributed by atoms with Crippen LogP contribution in [-0.4, -0.2) is 29.9 Å². The summed E-state index contributed by atoms with van der Waals surface area (Å²) in [5, 5.41) is 5.26. The maximum atomic E-state index is 11.3. The molecule has 1 saturated heterocycles. The number of aromatic nitrogens is 1. The van der Waals surface area contributed by atoms with E-state index in [0.29, 0.717) is 12.4 Å². The Morgan fingerprint density at radius 1 is 1.59 bits per heavy atom. The largest absolute Gasteiger partial charge is 0.481 e. The second-order valence-electron chi connectivity index (χ2n) is 3.76. The summed E-state index contributed by atoms with van der Waals surface area (Å²) in [6, 6.07) is 3.16. The lowest BCUT2D eigenvalue weighted by atomic mass is 10.2. The molecule has 1 unspecified atom stereocenters. The molecule has 17 heavy (non-hydrogen) atoms. The number of methoxy groups -OCH3 is 1. The molecule has 1 aromatic rings. The fourth-order valence-corrected chi connectivity index (χ4v) is 1.63. The fraction of sp³-hybridized carbons (Fsp3) is 0.364. The van der Waals surface area contributed by atoms with Crippen LogP contribution in [0.4, 0.5) is 0 Å². The number of ether oxygens (including phenoxy) is 1. The second kappa shape index (κ2) is 4.92. The van der Waals surface area contributed by atoms with E-state index >= 15 is 0 Å². The highest BCUT2D eigenvalue weighted by molar-refractivity contribution is 6.05. The monoisotopic (exact) mass is 235 g/mol. The molecule has 1 fully saturated rings. The van der Waals surface area contributed by atoms with Crippen molar-refractivity contribution in [1.29, 1.82) is 0 Å². The molecule has 1 aliphatic rings. The van der Waals surface area contributed by atoms with Crippen LogP contribution in [-0.2, 0) is 16.1 Å². The van der Waals surface area contributed by atoms with Crippen LogP contribution in [0.25, 0.3) is 0 Å². The highest BCUT2D eigenvalue weighted by atomic mass is 16.5. The van der Waals surface area contributed by atoms with Crippen molar-refractivity contribution in [1.82, 2.24) is 15.6 Å². The second-order valence-corrected chi connectivity index (χ2v) is 3.76. The van der Waals surface area contributed by atoms with Gasteiger partial charge in [0.15, 0.2) is 0 Å². The van der Waals surface area contributed by atoms with E-state index in [1.807, 2.05) is 6.07 Å². The Hall–Kier alpha value is -1.95. The fourth-order valence-electron chi connectivity index (χ4n) is 1.63. The molecule has 90 valence electrons. The van der Waals surface area contributed by atoms with Gasteiger partial charge in [0.1, 0.15) is 0 Å². The lowest BCUT2D eigenvalue weighted by molar-refractivity contribution is -0.125. The van der Waals surface area contributed by atoms with E-state index in [1.165, 1.54) is 0 Å². The zero-order chi connectivity index (χ0) is 12.3. The van der Waals surface area contributed by atoms with Crippen molar-refractivity contribution in [2.24, 2.45) is 0 Å². The number of nitrogens with one attached hydrogen (secondary N) is 2. The Kier molecular flexibility index (Phi) is 3.34. The molecular formula is C11H13N3O3. The van der Waals surface area contributed by atoms with Crippen LogP contribution in [0.2, 0.25) is 0 Å². The van der Waals surface area contributed by atoms with Crippen LogP contribution in [0.5, 0.6) is 5.88 Å². The molecule has 0 saturated carbocycles. The Balaban J connectivity index is 1.93. The first-order valence-corrected chi connectivity index (χ1v) is 5.25. The Morgan fingerprint density at radius 2 is 2.41 bits per heavy atom. The topological polar surface area (TPSA) is 80.3 Å². The molecule has 2 N–H and O–H groups in total. The summed E-state index contributed by atoms with van der Waals surface area (Å²) in [5.41, 5.74) is 0.948. The molecule has 0 aliphatic carbocycles. The third-order valence-corrected chi connectivity index (χ3v) is 2.53. The predicted octanol–water partition coefficient (Wildman–Crippen LogP) is -0.405. The van der Waals surface area contributed by atoms with Gasteiger partial charge < -0.3 is 10.1 Å². The number of carbonyl (C=O) groups excluding carboxylic acids is 2. The van der Waals surface area contributed by atoms with Crippen LogP contribution in [0, 0.1) is 0 Å². The average molecular weight is 235 g/mol. The number of imide groups is 1. The van der Waals surface area contributed by atoms with Crippen LogP contribution < -0.4 is 15.4 Å². The molecule has 1 aliphatic heterocycles. The number of amides is 2.